The highest BCUT2D eigenvalue weighted by Crippen LogP contribution is 2.14. The predicted octanol–water partition coefficient (Wildman–Crippen LogP) is 1.73. The van der Waals surface area contributed by atoms with E-state index in [0.29, 0.717) is 5.69 Å². The Morgan fingerprint density at radius 1 is 1.00 bits per heavy atom. The number of benzene rings is 2. The topological polar surface area (TPSA) is 92.8 Å². The van der Waals surface area contributed by atoms with Crippen LogP contribution >= 0.6 is 0 Å². The van der Waals surface area contributed by atoms with Gasteiger partial charge in [0.2, 0.25) is 10.0 Å². The molecular weight excluding hydrogens is 344 g/mol. The third-order valence-electron chi connectivity index (χ3n) is 3.26. The summed E-state index contributed by atoms with van der Waals surface area (Å²) in [5.41, 5.74) is 0.756. The first-order chi connectivity index (χ1) is 11.8. The minimum atomic E-state index is -3.56. The summed E-state index contributed by atoms with van der Waals surface area (Å²) in [6.45, 7) is -0.439. The number of carbonyl (C=O) groups excluding carboxylic acids is 2. The summed E-state index contributed by atoms with van der Waals surface area (Å²) in [5, 5.41) is 2.59. The van der Waals surface area contributed by atoms with Crippen molar-refractivity contribution in [1.82, 2.24) is 4.31 Å². The van der Waals surface area contributed by atoms with E-state index in [-0.39, 0.29) is 10.5 Å². The maximum absolute atomic E-state index is 12.0. The predicted molar refractivity (Wildman–Crippen MR) is 92.7 cm³/mol. The summed E-state index contributed by atoms with van der Waals surface area (Å²) >= 11 is 0. The summed E-state index contributed by atoms with van der Waals surface area (Å²) in [4.78, 5) is 23.7. The lowest BCUT2D eigenvalue weighted by Gasteiger charge is -2.11. The van der Waals surface area contributed by atoms with Gasteiger partial charge in [0, 0.05) is 19.8 Å². The van der Waals surface area contributed by atoms with Gasteiger partial charge in [-0.2, -0.15) is 0 Å². The van der Waals surface area contributed by atoms with Gasteiger partial charge in [0.15, 0.2) is 6.61 Å². The van der Waals surface area contributed by atoms with E-state index in [1.165, 1.54) is 38.4 Å². The molecule has 0 bridgehead atoms. The van der Waals surface area contributed by atoms with E-state index in [9.17, 15) is 18.0 Å². The number of anilines is 1. The number of nitrogens with zero attached hydrogens (tertiary/aromatic N) is 1. The first kappa shape index (κ1) is 18.6. The van der Waals surface area contributed by atoms with Crippen LogP contribution in [0.15, 0.2) is 59.5 Å². The quantitative estimate of drug-likeness (QED) is 0.790. The molecule has 0 aliphatic rings. The first-order valence-corrected chi connectivity index (χ1v) is 8.79. The van der Waals surface area contributed by atoms with Crippen molar-refractivity contribution in [2.24, 2.45) is 0 Å². The zero-order chi connectivity index (χ0) is 18.4. The van der Waals surface area contributed by atoms with Crippen LogP contribution in [0.1, 0.15) is 10.4 Å². The Bertz CT molecular complexity index is 846. The van der Waals surface area contributed by atoms with E-state index < -0.39 is 28.5 Å². The van der Waals surface area contributed by atoms with Crippen LogP contribution in [-0.2, 0) is 19.6 Å². The van der Waals surface area contributed by atoms with Crippen molar-refractivity contribution >= 4 is 27.6 Å². The van der Waals surface area contributed by atoms with E-state index in [2.05, 4.69) is 5.32 Å². The lowest BCUT2D eigenvalue weighted by molar-refractivity contribution is -0.119. The third-order valence-corrected chi connectivity index (χ3v) is 5.09. The van der Waals surface area contributed by atoms with Crippen LogP contribution in [0.2, 0.25) is 0 Å². The molecule has 2 aromatic rings. The van der Waals surface area contributed by atoms with Crippen molar-refractivity contribution in [2.45, 2.75) is 4.90 Å². The highest BCUT2D eigenvalue weighted by Gasteiger charge is 2.18. The maximum atomic E-state index is 12.0. The van der Waals surface area contributed by atoms with Crippen LogP contribution < -0.4 is 5.32 Å². The van der Waals surface area contributed by atoms with Gasteiger partial charge in [0.25, 0.3) is 5.91 Å². The zero-order valence-electron chi connectivity index (χ0n) is 13.8. The molecule has 132 valence electrons. The monoisotopic (exact) mass is 362 g/mol. The molecule has 0 radical (unpaired) electrons. The number of nitrogens with one attached hydrogen (secondary N) is 1. The van der Waals surface area contributed by atoms with Crippen molar-refractivity contribution in [1.29, 1.82) is 0 Å². The Labute approximate surface area is 146 Å². The van der Waals surface area contributed by atoms with Crippen LogP contribution in [0.5, 0.6) is 0 Å². The summed E-state index contributed by atoms with van der Waals surface area (Å²) in [6.07, 6.45) is 0. The first-order valence-electron chi connectivity index (χ1n) is 7.35. The average molecular weight is 362 g/mol. The summed E-state index contributed by atoms with van der Waals surface area (Å²) in [7, 11) is -0.724. The van der Waals surface area contributed by atoms with Gasteiger partial charge in [-0.25, -0.2) is 17.5 Å². The lowest BCUT2D eigenvalue weighted by atomic mass is 10.2. The largest absolute Gasteiger partial charge is 0.452 e. The third kappa shape index (κ3) is 4.88. The number of carbonyl (C=O) groups is 2. The lowest BCUT2D eigenvalue weighted by Crippen LogP contribution is -2.22. The van der Waals surface area contributed by atoms with Crippen LogP contribution in [0.25, 0.3) is 0 Å². The Kier molecular flexibility index (Phi) is 5.89. The second-order valence-electron chi connectivity index (χ2n) is 5.30. The molecule has 0 fully saturated rings. The van der Waals surface area contributed by atoms with Crippen molar-refractivity contribution < 1.29 is 22.7 Å². The van der Waals surface area contributed by atoms with E-state index in [1.807, 2.05) is 6.07 Å². The van der Waals surface area contributed by atoms with Crippen molar-refractivity contribution in [3.63, 3.8) is 0 Å². The average Bonchev–Trinajstić information content (AvgIpc) is 2.60. The van der Waals surface area contributed by atoms with Gasteiger partial charge in [0.1, 0.15) is 0 Å². The molecule has 0 saturated heterocycles. The highest BCUT2D eigenvalue weighted by atomic mass is 32.2. The number of para-hydroxylation sites is 1. The number of amides is 1. The Morgan fingerprint density at radius 2 is 1.60 bits per heavy atom. The van der Waals surface area contributed by atoms with E-state index in [1.54, 1.807) is 24.3 Å². The summed E-state index contributed by atoms with van der Waals surface area (Å²) in [5.74, 6) is -1.18. The smallest absolute Gasteiger partial charge is 0.338 e. The second-order valence-corrected chi connectivity index (χ2v) is 7.45. The van der Waals surface area contributed by atoms with Crippen LogP contribution in [0.3, 0.4) is 0 Å². The fourth-order valence-electron chi connectivity index (χ4n) is 1.91. The normalized spacial score (nSPS) is 11.2. The fourth-order valence-corrected chi connectivity index (χ4v) is 2.81. The molecule has 7 nitrogen and oxygen atoms in total. The molecular formula is C17H18N2O5S. The molecule has 0 aromatic heterocycles. The molecule has 0 saturated carbocycles. The molecule has 0 aliphatic heterocycles. The minimum Gasteiger partial charge on any atom is -0.452 e. The molecule has 0 unspecified atom stereocenters. The maximum Gasteiger partial charge on any atom is 0.338 e. The molecule has 0 aliphatic carbocycles. The molecule has 0 spiro atoms. The number of esters is 1. The Balaban J connectivity index is 1.94. The number of ether oxygens (including phenoxy) is 1. The van der Waals surface area contributed by atoms with E-state index in [4.69, 9.17) is 4.74 Å². The van der Waals surface area contributed by atoms with Gasteiger partial charge in [-0.15, -0.1) is 0 Å². The number of rotatable bonds is 6. The minimum absolute atomic E-state index is 0.0656. The number of hydrogen-bond acceptors (Lipinski definition) is 5. The zero-order valence-corrected chi connectivity index (χ0v) is 14.6. The number of hydrogen-bond donors (Lipinski definition) is 1. The van der Waals surface area contributed by atoms with Crippen LogP contribution in [-0.4, -0.2) is 45.3 Å². The molecule has 0 atom stereocenters. The fraction of sp³-hybridized carbons (Fsp3) is 0.176. The van der Waals surface area contributed by atoms with E-state index >= 15 is 0 Å². The standard InChI is InChI=1S/C17H18N2O5S/c1-19(2)25(22,23)15-10-8-13(9-11-15)17(21)24-12-16(20)18-14-6-4-3-5-7-14/h3-11H,12H2,1-2H3,(H,18,20). The van der Waals surface area contributed by atoms with E-state index in [0.717, 1.165) is 4.31 Å². The van der Waals surface area contributed by atoms with Crippen molar-refractivity contribution in [3.8, 4) is 0 Å². The summed E-state index contributed by atoms with van der Waals surface area (Å²) in [6, 6.07) is 14.1. The van der Waals surface area contributed by atoms with Crippen LogP contribution in [0, 0.1) is 0 Å². The Hall–Kier alpha value is -2.71. The molecule has 2 rings (SSSR count). The van der Waals surface area contributed by atoms with Crippen molar-refractivity contribution in [2.75, 3.05) is 26.0 Å². The highest BCUT2D eigenvalue weighted by molar-refractivity contribution is 7.89. The summed E-state index contributed by atoms with van der Waals surface area (Å²) < 4.78 is 29.9. The van der Waals surface area contributed by atoms with Gasteiger partial charge in [0.05, 0.1) is 10.5 Å². The van der Waals surface area contributed by atoms with Gasteiger partial charge in [-0.05, 0) is 36.4 Å². The molecule has 0 heterocycles. The molecule has 1 N–H and O–H groups in total. The second kappa shape index (κ2) is 7.91. The van der Waals surface area contributed by atoms with Gasteiger partial charge >= 0.3 is 5.97 Å². The molecule has 8 heteroatoms. The van der Waals surface area contributed by atoms with Gasteiger partial charge in [-0.3, -0.25) is 4.79 Å². The Morgan fingerprint density at radius 3 is 2.16 bits per heavy atom. The van der Waals surface area contributed by atoms with Crippen molar-refractivity contribution in [3.05, 3.63) is 60.2 Å². The molecule has 2 aromatic carbocycles. The number of sulfonamides is 1. The van der Waals surface area contributed by atoms with Crippen LogP contribution in [0.4, 0.5) is 5.69 Å². The van der Waals surface area contributed by atoms with Gasteiger partial charge < -0.3 is 10.1 Å². The molecule has 25 heavy (non-hydrogen) atoms. The van der Waals surface area contributed by atoms with Gasteiger partial charge in [-0.1, -0.05) is 18.2 Å². The molecule has 1 amide bonds. The SMILES string of the molecule is CN(C)S(=O)(=O)c1ccc(C(=O)OCC(=O)Nc2ccccc2)cc1.